The van der Waals surface area contributed by atoms with Gasteiger partial charge in [-0.05, 0) is 29.4 Å². The molecule has 20 heavy (non-hydrogen) atoms. The summed E-state index contributed by atoms with van der Waals surface area (Å²) in [7, 11) is 0. The molecule has 0 N–H and O–H groups in total. The van der Waals surface area contributed by atoms with Gasteiger partial charge in [-0.1, -0.05) is 67.6 Å². The van der Waals surface area contributed by atoms with Gasteiger partial charge in [-0.2, -0.15) is 0 Å². The Kier molecular flexibility index (Phi) is 3.88. The summed E-state index contributed by atoms with van der Waals surface area (Å²) in [4.78, 5) is 2.56. The van der Waals surface area contributed by atoms with Crippen molar-refractivity contribution >= 4 is 0 Å². The van der Waals surface area contributed by atoms with E-state index in [4.69, 9.17) is 0 Å². The Morgan fingerprint density at radius 1 is 0.850 bits per heavy atom. The summed E-state index contributed by atoms with van der Waals surface area (Å²) >= 11 is 0. The summed E-state index contributed by atoms with van der Waals surface area (Å²) in [5, 5.41) is 0. The van der Waals surface area contributed by atoms with E-state index in [1.165, 1.54) is 37.1 Å². The van der Waals surface area contributed by atoms with Gasteiger partial charge in [0.25, 0.3) is 0 Å². The van der Waals surface area contributed by atoms with Crippen molar-refractivity contribution in [2.75, 3.05) is 13.1 Å². The van der Waals surface area contributed by atoms with E-state index in [-0.39, 0.29) is 0 Å². The number of benzene rings is 2. The van der Waals surface area contributed by atoms with Gasteiger partial charge in [0.1, 0.15) is 0 Å². The second-order valence-corrected chi connectivity index (χ2v) is 6.43. The van der Waals surface area contributed by atoms with Crippen LogP contribution in [0, 0.1) is 5.41 Å². The normalized spacial score (nSPS) is 17.6. The molecule has 0 unspecified atom stereocenters. The van der Waals surface area contributed by atoms with Crippen molar-refractivity contribution in [3.05, 3.63) is 71.8 Å². The number of aryl methyl sites for hydroxylation is 1. The van der Waals surface area contributed by atoms with E-state index in [2.05, 4.69) is 72.5 Å². The highest BCUT2D eigenvalue weighted by Crippen LogP contribution is 2.35. The molecule has 104 valence electrons. The van der Waals surface area contributed by atoms with E-state index in [1.807, 2.05) is 0 Å². The van der Waals surface area contributed by atoms with Crippen molar-refractivity contribution in [3.63, 3.8) is 0 Å². The van der Waals surface area contributed by atoms with E-state index in [0.717, 1.165) is 6.54 Å². The van der Waals surface area contributed by atoms with Crippen LogP contribution < -0.4 is 0 Å². The minimum absolute atomic E-state index is 0.505. The van der Waals surface area contributed by atoms with Crippen LogP contribution in [0.25, 0.3) is 0 Å². The Hall–Kier alpha value is -1.60. The molecule has 2 aromatic rings. The zero-order chi connectivity index (χ0) is 13.8. The molecule has 3 rings (SSSR count). The lowest BCUT2D eigenvalue weighted by atomic mass is 9.77. The number of nitrogens with zero attached hydrogens (tertiary/aromatic N) is 1. The van der Waals surface area contributed by atoms with Gasteiger partial charge in [0, 0.05) is 19.6 Å². The van der Waals surface area contributed by atoms with Crippen LogP contribution in [0.5, 0.6) is 0 Å². The van der Waals surface area contributed by atoms with Gasteiger partial charge >= 0.3 is 0 Å². The van der Waals surface area contributed by atoms with Crippen LogP contribution in [0.3, 0.4) is 0 Å². The Balaban J connectivity index is 1.46. The van der Waals surface area contributed by atoms with Gasteiger partial charge in [0.2, 0.25) is 0 Å². The van der Waals surface area contributed by atoms with Crippen molar-refractivity contribution in [3.8, 4) is 0 Å². The molecule has 0 aromatic heterocycles. The fraction of sp³-hybridized carbons (Fsp3) is 0.368. The third-order valence-corrected chi connectivity index (χ3v) is 4.32. The van der Waals surface area contributed by atoms with E-state index in [0.29, 0.717) is 5.41 Å². The fourth-order valence-electron chi connectivity index (χ4n) is 3.24. The lowest BCUT2D eigenvalue weighted by Gasteiger charge is -2.48. The van der Waals surface area contributed by atoms with Crippen molar-refractivity contribution < 1.29 is 0 Å². The van der Waals surface area contributed by atoms with Crippen LogP contribution in [0.4, 0.5) is 0 Å². The maximum Gasteiger partial charge on any atom is 0.0234 e. The maximum atomic E-state index is 2.56. The molecular weight excluding hydrogens is 242 g/mol. The molecule has 0 atom stereocenters. The number of likely N-dealkylation sites (tertiary alicyclic amines) is 1. The van der Waals surface area contributed by atoms with Crippen molar-refractivity contribution in [1.29, 1.82) is 0 Å². The van der Waals surface area contributed by atoms with Crippen LogP contribution in [0.1, 0.15) is 24.5 Å². The molecule has 0 spiro atoms. The molecule has 1 aliphatic rings. The first-order valence-corrected chi connectivity index (χ1v) is 7.54. The number of rotatable bonds is 5. The van der Waals surface area contributed by atoms with E-state index in [1.54, 1.807) is 0 Å². The average Bonchev–Trinajstić information content (AvgIpc) is 2.46. The Labute approximate surface area is 122 Å². The van der Waals surface area contributed by atoms with Gasteiger partial charge in [-0.15, -0.1) is 0 Å². The van der Waals surface area contributed by atoms with Gasteiger partial charge in [0.05, 0.1) is 0 Å². The highest BCUT2D eigenvalue weighted by atomic mass is 15.2. The molecule has 0 amide bonds. The molecule has 1 saturated heterocycles. The van der Waals surface area contributed by atoms with Gasteiger partial charge in [-0.3, -0.25) is 4.90 Å². The van der Waals surface area contributed by atoms with E-state index in [9.17, 15) is 0 Å². The van der Waals surface area contributed by atoms with Crippen LogP contribution in [0.15, 0.2) is 60.7 Å². The van der Waals surface area contributed by atoms with Crippen LogP contribution >= 0.6 is 0 Å². The topological polar surface area (TPSA) is 3.24 Å². The minimum atomic E-state index is 0.505. The molecule has 0 radical (unpaired) electrons. The van der Waals surface area contributed by atoms with Gasteiger partial charge in [0.15, 0.2) is 0 Å². The molecule has 1 aliphatic heterocycles. The largest absolute Gasteiger partial charge is 0.298 e. The first-order valence-electron chi connectivity index (χ1n) is 7.54. The second-order valence-electron chi connectivity index (χ2n) is 6.43. The van der Waals surface area contributed by atoms with Gasteiger partial charge in [-0.25, -0.2) is 0 Å². The number of hydrogen-bond donors (Lipinski definition) is 0. The summed E-state index contributed by atoms with van der Waals surface area (Å²) in [6.07, 6.45) is 2.50. The quantitative estimate of drug-likeness (QED) is 0.785. The number of hydrogen-bond acceptors (Lipinski definition) is 1. The monoisotopic (exact) mass is 265 g/mol. The molecular formula is C19H23N. The zero-order valence-corrected chi connectivity index (χ0v) is 12.3. The molecule has 1 nitrogen and oxygen atoms in total. The van der Waals surface area contributed by atoms with Crippen molar-refractivity contribution in [2.45, 2.75) is 26.3 Å². The molecule has 1 heteroatoms. The molecule has 2 aromatic carbocycles. The summed E-state index contributed by atoms with van der Waals surface area (Å²) in [6.45, 7) is 5.99. The van der Waals surface area contributed by atoms with E-state index < -0.39 is 0 Å². The van der Waals surface area contributed by atoms with Gasteiger partial charge < -0.3 is 0 Å². The standard InChI is InChI=1S/C19H23N/c1-19(13-12-17-8-4-2-5-9-17)15-20(16-19)14-18-10-6-3-7-11-18/h2-11H,12-16H2,1H3. The second kappa shape index (κ2) is 5.80. The SMILES string of the molecule is CC1(CCc2ccccc2)CN(Cc2ccccc2)C1. The summed E-state index contributed by atoms with van der Waals surface area (Å²) in [5.74, 6) is 0. The Morgan fingerprint density at radius 2 is 1.40 bits per heavy atom. The van der Waals surface area contributed by atoms with E-state index >= 15 is 0 Å². The zero-order valence-electron chi connectivity index (χ0n) is 12.3. The molecule has 0 aliphatic carbocycles. The summed E-state index contributed by atoms with van der Waals surface area (Å²) < 4.78 is 0. The summed E-state index contributed by atoms with van der Waals surface area (Å²) in [5.41, 5.74) is 3.40. The predicted octanol–water partition coefficient (Wildman–Crippen LogP) is 4.14. The molecule has 1 fully saturated rings. The fourth-order valence-corrected chi connectivity index (χ4v) is 3.24. The third kappa shape index (κ3) is 3.29. The summed E-state index contributed by atoms with van der Waals surface area (Å²) in [6, 6.07) is 21.6. The maximum absolute atomic E-state index is 2.56. The molecule has 1 heterocycles. The minimum Gasteiger partial charge on any atom is -0.298 e. The first kappa shape index (κ1) is 13.4. The first-order chi connectivity index (χ1) is 9.73. The van der Waals surface area contributed by atoms with Crippen LogP contribution in [-0.2, 0) is 13.0 Å². The Morgan fingerprint density at radius 3 is 2.00 bits per heavy atom. The van der Waals surface area contributed by atoms with Crippen molar-refractivity contribution in [2.24, 2.45) is 5.41 Å². The predicted molar refractivity (Wildman–Crippen MR) is 84.6 cm³/mol. The highest BCUT2D eigenvalue weighted by Gasteiger charge is 2.37. The highest BCUT2D eigenvalue weighted by molar-refractivity contribution is 5.17. The smallest absolute Gasteiger partial charge is 0.0234 e. The lowest BCUT2D eigenvalue weighted by Crippen LogP contribution is -2.54. The lowest BCUT2D eigenvalue weighted by molar-refractivity contribution is 0.00273. The molecule has 0 bridgehead atoms. The Bertz CT molecular complexity index is 526. The third-order valence-electron chi connectivity index (χ3n) is 4.32. The molecule has 0 saturated carbocycles. The van der Waals surface area contributed by atoms with Crippen molar-refractivity contribution in [1.82, 2.24) is 4.90 Å². The average molecular weight is 265 g/mol. The van der Waals surface area contributed by atoms with Crippen LogP contribution in [-0.4, -0.2) is 18.0 Å². The van der Waals surface area contributed by atoms with Crippen LogP contribution in [0.2, 0.25) is 0 Å².